The molecule has 1 saturated heterocycles. The van der Waals surface area contributed by atoms with Crippen LogP contribution in [0.5, 0.6) is 0 Å². The average Bonchev–Trinajstić information content (AvgIpc) is 2.81. The zero-order chi connectivity index (χ0) is 13.1. The summed E-state index contributed by atoms with van der Waals surface area (Å²) in [6.45, 7) is 6.31. The van der Waals surface area contributed by atoms with Crippen molar-refractivity contribution in [2.45, 2.75) is 20.3 Å². The Labute approximate surface area is 107 Å². The summed E-state index contributed by atoms with van der Waals surface area (Å²) < 4.78 is 0. The minimum absolute atomic E-state index is 0.0676. The second-order valence-electron chi connectivity index (χ2n) is 4.54. The van der Waals surface area contributed by atoms with E-state index in [0.717, 1.165) is 36.7 Å². The van der Waals surface area contributed by atoms with E-state index in [0.29, 0.717) is 6.54 Å². The van der Waals surface area contributed by atoms with Crippen molar-refractivity contribution in [2.75, 3.05) is 29.9 Å². The lowest BCUT2D eigenvalue weighted by Crippen LogP contribution is -2.28. The molecule has 98 valence electrons. The van der Waals surface area contributed by atoms with Gasteiger partial charge in [0.15, 0.2) is 0 Å². The normalized spacial score (nSPS) is 19.0. The number of hydrogen-bond donors (Lipinski definition) is 2. The fraction of sp³-hybridized carbons (Fsp3) is 0.583. The molecule has 1 aromatic rings. The van der Waals surface area contributed by atoms with Crippen molar-refractivity contribution in [3.63, 3.8) is 0 Å². The lowest BCUT2D eigenvalue weighted by atomic mass is 10.1. The number of primary amides is 1. The number of aromatic nitrogens is 2. The topological polar surface area (TPSA) is 84.1 Å². The molecule has 1 amide bonds. The minimum Gasteiger partial charge on any atom is -0.370 e. The molecule has 0 aliphatic carbocycles. The molecule has 2 rings (SSSR count). The molecule has 1 aliphatic rings. The zero-order valence-corrected chi connectivity index (χ0v) is 10.8. The van der Waals surface area contributed by atoms with Crippen molar-refractivity contribution in [2.24, 2.45) is 11.7 Å². The number of carbonyl (C=O) groups excluding carboxylic acids is 1. The van der Waals surface area contributed by atoms with E-state index >= 15 is 0 Å². The molecule has 0 aromatic carbocycles. The van der Waals surface area contributed by atoms with Crippen molar-refractivity contribution < 1.29 is 4.79 Å². The second-order valence-corrected chi connectivity index (χ2v) is 4.54. The maximum absolute atomic E-state index is 11.2. The van der Waals surface area contributed by atoms with Crippen LogP contribution in [-0.2, 0) is 4.79 Å². The summed E-state index contributed by atoms with van der Waals surface area (Å²) in [6.07, 6.45) is 2.35. The first-order valence-corrected chi connectivity index (χ1v) is 6.23. The Balaban J connectivity index is 2.19. The molecule has 6 heteroatoms. The Morgan fingerprint density at radius 2 is 2.39 bits per heavy atom. The first kappa shape index (κ1) is 12.6. The van der Waals surface area contributed by atoms with Gasteiger partial charge in [-0.1, -0.05) is 0 Å². The molecule has 0 spiro atoms. The van der Waals surface area contributed by atoms with Crippen LogP contribution >= 0.6 is 0 Å². The summed E-state index contributed by atoms with van der Waals surface area (Å²) in [5.74, 6) is 1.45. The van der Waals surface area contributed by atoms with Gasteiger partial charge in [0.1, 0.15) is 18.0 Å². The standard InChI is InChI=1S/C12H19N5O/c1-3-14-11-8(2)12(16-7-15-11)17-5-4-9(6-17)10(13)18/h7,9H,3-6H2,1-2H3,(H2,13,18)(H,14,15,16). The van der Waals surface area contributed by atoms with Gasteiger partial charge < -0.3 is 16.0 Å². The molecule has 1 aromatic heterocycles. The Morgan fingerprint density at radius 3 is 3.00 bits per heavy atom. The van der Waals surface area contributed by atoms with Crippen LogP contribution < -0.4 is 16.0 Å². The molecule has 2 heterocycles. The first-order chi connectivity index (χ1) is 8.63. The summed E-state index contributed by atoms with van der Waals surface area (Å²) in [5.41, 5.74) is 6.36. The van der Waals surface area contributed by atoms with Gasteiger partial charge in [-0.25, -0.2) is 9.97 Å². The summed E-state index contributed by atoms with van der Waals surface area (Å²) in [4.78, 5) is 21.8. The smallest absolute Gasteiger partial charge is 0.222 e. The fourth-order valence-corrected chi connectivity index (χ4v) is 2.29. The van der Waals surface area contributed by atoms with Crippen LogP contribution in [0, 0.1) is 12.8 Å². The van der Waals surface area contributed by atoms with Crippen LogP contribution in [0.4, 0.5) is 11.6 Å². The van der Waals surface area contributed by atoms with Crippen LogP contribution in [0.2, 0.25) is 0 Å². The number of nitrogens with two attached hydrogens (primary N) is 1. The molecular formula is C12H19N5O. The van der Waals surface area contributed by atoms with E-state index in [-0.39, 0.29) is 11.8 Å². The molecular weight excluding hydrogens is 230 g/mol. The van der Waals surface area contributed by atoms with Gasteiger partial charge in [-0.3, -0.25) is 4.79 Å². The number of nitrogens with zero attached hydrogens (tertiary/aromatic N) is 3. The van der Waals surface area contributed by atoms with E-state index in [9.17, 15) is 4.79 Å². The molecule has 0 saturated carbocycles. The second kappa shape index (κ2) is 5.20. The molecule has 0 bridgehead atoms. The lowest BCUT2D eigenvalue weighted by molar-refractivity contribution is -0.121. The van der Waals surface area contributed by atoms with Gasteiger partial charge in [-0.2, -0.15) is 0 Å². The molecule has 1 aliphatic heterocycles. The van der Waals surface area contributed by atoms with E-state index < -0.39 is 0 Å². The van der Waals surface area contributed by atoms with E-state index in [2.05, 4.69) is 20.2 Å². The summed E-state index contributed by atoms with van der Waals surface area (Å²) in [7, 11) is 0. The number of carbonyl (C=O) groups is 1. The number of amides is 1. The maximum atomic E-state index is 11.2. The van der Waals surface area contributed by atoms with E-state index in [1.54, 1.807) is 6.33 Å². The van der Waals surface area contributed by atoms with Crippen LogP contribution in [0.1, 0.15) is 18.9 Å². The van der Waals surface area contributed by atoms with Crippen LogP contribution in [0.25, 0.3) is 0 Å². The highest BCUT2D eigenvalue weighted by Gasteiger charge is 2.28. The highest BCUT2D eigenvalue weighted by molar-refractivity contribution is 5.78. The highest BCUT2D eigenvalue weighted by atomic mass is 16.1. The predicted octanol–water partition coefficient (Wildman–Crippen LogP) is 0.528. The predicted molar refractivity (Wildman–Crippen MR) is 70.4 cm³/mol. The Hall–Kier alpha value is -1.85. The number of nitrogens with one attached hydrogen (secondary N) is 1. The van der Waals surface area contributed by atoms with Gasteiger partial charge in [0.2, 0.25) is 5.91 Å². The van der Waals surface area contributed by atoms with Crippen molar-refractivity contribution in [3.8, 4) is 0 Å². The van der Waals surface area contributed by atoms with Gasteiger partial charge in [0.05, 0.1) is 5.92 Å². The van der Waals surface area contributed by atoms with Crippen molar-refractivity contribution in [3.05, 3.63) is 11.9 Å². The number of rotatable bonds is 4. The third-order valence-corrected chi connectivity index (χ3v) is 3.29. The summed E-state index contributed by atoms with van der Waals surface area (Å²) >= 11 is 0. The molecule has 3 N–H and O–H groups in total. The quantitative estimate of drug-likeness (QED) is 0.813. The van der Waals surface area contributed by atoms with E-state index in [4.69, 9.17) is 5.73 Å². The Morgan fingerprint density at radius 1 is 1.61 bits per heavy atom. The van der Waals surface area contributed by atoms with Gasteiger partial charge in [0, 0.05) is 25.2 Å². The maximum Gasteiger partial charge on any atom is 0.222 e. The Bertz CT molecular complexity index is 448. The van der Waals surface area contributed by atoms with Gasteiger partial charge in [-0.15, -0.1) is 0 Å². The Kier molecular flexibility index (Phi) is 3.64. The van der Waals surface area contributed by atoms with Gasteiger partial charge >= 0.3 is 0 Å². The van der Waals surface area contributed by atoms with E-state index in [1.807, 2.05) is 13.8 Å². The molecule has 1 fully saturated rings. The number of hydrogen-bond acceptors (Lipinski definition) is 5. The van der Waals surface area contributed by atoms with E-state index in [1.165, 1.54) is 0 Å². The molecule has 0 radical (unpaired) electrons. The van der Waals surface area contributed by atoms with Crippen molar-refractivity contribution >= 4 is 17.5 Å². The molecule has 6 nitrogen and oxygen atoms in total. The van der Waals surface area contributed by atoms with Crippen LogP contribution in [-0.4, -0.2) is 35.5 Å². The fourth-order valence-electron chi connectivity index (χ4n) is 2.29. The average molecular weight is 249 g/mol. The third kappa shape index (κ3) is 2.37. The van der Waals surface area contributed by atoms with Crippen molar-refractivity contribution in [1.29, 1.82) is 0 Å². The van der Waals surface area contributed by atoms with Crippen LogP contribution in [0.3, 0.4) is 0 Å². The van der Waals surface area contributed by atoms with Crippen LogP contribution in [0.15, 0.2) is 6.33 Å². The zero-order valence-electron chi connectivity index (χ0n) is 10.8. The van der Waals surface area contributed by atoms with Gasteiger partial charge in [-0.05, 0) is 20.3 Å². The summed E-state index contributed by atoms with van der Waals surface area (Å²) in [6, 6.07) is 0. The minimum atomic E-state index is -0.226. The number of anilines is 2. The molecule has 1 atom stereocenters. The first-order valence-electron chi connectivity index (χ1n) is 6.23. The third-order valence-electron chi connectivity index (χ3n) is 3.29. The largest absolute Gasteiger partial charge is 0.370 e. The van der Waals surface area contributed by atoms with Crippen molar-refractivity contribution in [1.82, 2.24) is 9.97 Å². The highest BCUT2D eigenvalue weighted by Crippen LogP contribution is 2.27. The monoisotopic (exact) mass is 249 g/mol. The SMILES string of the molecule is CCNc1ncnc(N2CCC(C(N)=O)C2)c1C. The summed E-state index contributed by atoms with van der Waals surface area (Å²) in [5, 5.41) is 3.20. The lowest BCUT2D eigenvalue weighted by Gasteiger charge is -2.20. The molecule has 18 heavy (non-hydrogen) atoms. The van der Waals surface area contributed by atoms with Gasteiger partial charge in [0.25, 0.3) is 0 Å². The molecule has 1 unspecified atom stereocenters.